The summed E-state index contributed by atoms with van der Waals surface area (Å²) in [4.78, 5) is -0.567. The minimum atomic E-state index is -4.81. The molecule has 1 aromatic rings. The Bertz CT molecular complexity index is 496. The van der Waals surface area contributed by atoms with Crippen LogP contribution in [-0.2, 0) is 10.2 Å². The van der Waals surface area contributed by atoms with Gasteiger partial charge in [-0.2, -0.15) is 8.42 Å². The van der Waals surface area contributed by atoms with Crippen LogP contribution in [0.25, 0.3) is 0 Å². The number of rotatable bonds is 2. The van der Waals surface area contributed by atoms with Crippen LogP contribution in [0, 0.1) is 0 Å². The van der Waals surface area contributed by atoms with E-state index in [-0.39, 0.29) is 12.0 Å². The average molecular weight is 236 g/mol. The van der Waals surface area contributed by atoms with Crippen LogP contribution in [0.5, 0.6) is 0 Å². The molecule has 1 unspecified atom stereocenters. The predicted octanol–water partition coefficient (Wildman–Crippen LogP) is 2.47. The van der Waals surface area contributed by atoms with Crippen LogP contribution >= 0.6 is 0 Å². The van der Waals surface area contributed by atoms with Gasteiger partial charge in [0, 0.05) is 6.42 Å². The lowest BCUT2D eigenvalue weighted by Gasteiger charge is -2.00. The first kappa shape index (κ1) is 10.5. The summed E-state index contributed by atoms with van der Waals surface area (Å²) in [5.74, 6) is -3.75. The molecular weight excluding hydrogens is 229 g/mol. The van der Waals surface area contributed by atoms with Crippen molar-refractivity contribution in [2.24, 2.45) is 0 Å². The molecule has 0 N–H and O–H groups in total. The maximum absolute atomic E-state index is 12.7. The van der Waals surface area contributed by atoms with Crippen LogP contribution in [0.3, 0.4) is 0 Å². The summed E-state index contributed by atoms with van der Waals surface area (Å²) in [7, 11) is -4.81. The second-order valence-corrected chi connectivity index (χ2v) is 4.88. The molecule has 0 spiro atoms. The van der Waals surface area contributed by atoms with Crippen LogP contribution in [-0.4, -0.2) is 14.3 Å². The van der Waals surface area contributed by atoms with Gasteiger partial charge in [-0.15, -0.1) is 3.89 Å². The molecule has 0 heterocycles. The Hall–Kier alpha value is -1.04. The van der Waals surface area contributed by atoms with Gasteiger partial charge in [-0.05, 0) is 17.7 Å². The van der Waals surface area contributed by atoms with E-state index in [2.05, 4.69) is 0 Å². The number of benzene rings is 1. The van der Waals surface area contributed by atoms with Crippen LogP contribution in [0.1, 0.15) is 17.9 Å². The second kappa shape index (κ2) is 2.98. The molecular formula is C9H7F3O2S. The number of hydrogen-bond donors (Lipinski definition) is 0. The third kappa shape index (κ3) is 1.99. The highest BCUT2D eigenvalue weighted by Crippen LogP contribution is 2.55. The maximum atomic E-state index is 12.7. The fraction of sp³-hybridized carbons (Fsp3) is 0.333. The first-order chi connectivity index (χ1) is 6.81. The van der Waals surface area contributed by atoms with E-state index in [0.717, 1.165) is 12.1 Å². The van der Waals surface area contributed by atoms with Gasteiger partial charge in [0.2, 0.25) is 0 Å². The zero-order valence-corrected chi connectivity index (χ0v) is 8.27. The standard InChI is InChI=1S/C9H7F3O2S/c10-9(11)5-8(9)6-2-1-3-7(4-6)15(12,13)14/h1-4,8H,5H2. The van der Waals surface area contributed by atoms with Crippen LogP contribution < -0.4 is 0 Å². The Kier molecular flexibility index (Phi) is 2.08. The molecule has 1 saturated carbocycles. The third-order valence-corrected chi connectivity index (χ3v) is 3.18. The zero-order valence-electron chi connectivity index (χ0n) is 7.45. The molecule has 82 valence electrons. The molecule has 2 rings (SSSR count). The zero-order chi connectivity index (χ0) is 11.3. The summed E-state index contributed by atoms with van der Waals surface area (Å²) in [5, 5.41) is 0. The largest absolute Gasteiger partial charge is 0.332 e. The van der Waals surface area contributed by atoms with Gasteiger partial charge >= 0.3 is 10.2 Å². The summed E-state index contributed by atoms with van der Waals surface area (Å²) in [6.07, 6.45) is -0.303. The monoisotopic (exact) mass is 236 g/mol. The molecule has 0 radical (unpaired) electrons. The van der Waals surface area contributed by atoms with E-state index in [0.29, 0.717) is 0 Å². The van der Waals surface area contributed by atoms with E-state index in [4.69, 9.17) is 0 Å². The summed E-state index contributed by atoms with van der Waals surface area (Å²) in [6, 6.07) is 4.64. The third-order valence-electron chi connectivity index (χ3n) is 2.37. The summed E-state index contributed by atoms with van der Waals surface area (Å²) in [5.41, 5.74) is 0.165. The molecule has 15 heavy (non-hydrogen) atoms. The van der Waals surface area contributed by atoms with Crippen LogP contribution in [0.15, 0.2) is 29.2 Å². The molecule has 2 nitrogen and oxygen atoms in total. The fourth-order valence-electron chi connectivity index (χ4n) is 1.46. The van der Waals surface area contributed by atoms with E-state index in [1.54, 1.807) is 0 Å². The lowest BCUT2D eigenvalue weighted by Crippen LogP contribution is -1.96. The second-order valence-electron chi connectivity index (χ2n) is 3.53. The molecule has 0 bridgehead atoms. The van der Waals surface area contributed by atoms with Gasteiger partial charge in [-0.25, -0.2) is 8.78 Å². The van der Waals surface area contributed by atoms with Gasteiger partial charge in [0.25, 0.3) is 5.92 Å². The Morgan fingerprint density at radius 2 is 1.93 bits per heavy atom. The molecule has 0 saturated heterocycles. The van der Waals surface area contributed by atoms with Crippen molar-refractivity contribution in [2.75, 3.05) is 0 Å². The quantitative estimate of drug-likeness (QED) is 0.739. The molecule has 1 atom stereocenters. The first-order valence-corrected chi connectivity index (χ1v) is 5.61. The van der Waals surface area contributed by atoms with Gasteiger partial charge in [0.15, 0.2) is 0 Å². The molecule has 1 aliphatic carbocycles. The minimum absolute atomic E-state index is 0.165. The van der Waals surface area contributed by atoms with Crippen molar-refractivity contribution in [3.63, 3.8) is 0 Å². The lowest BCUT2D eigenvalue weighted by molar-refractivity contribution is 0.112. The highest BCUT2D eigenvalue weighted by molar-refractivity contribution is 7.86. The maximum Gasteiger partial charge on any atom is 0.332 e. The molecule has 0 aromatic heterocycles. The van der Waals surface area contributed by atoms with Crippen molar-refractivity contribution in [2.45, 2.75) is 23.2 Å². The van der Waals surface area contributed by atoms with Gasteiger partial charge < -0.3 is 0 Å². The minimum Gasteiger partial charge on any atom is -0.206 e. The fourth-order valence-corrected chi connectivity index (χ4v) is 1.98. The summed E-state index contributed by atoms with van der Waals surface area (Å²) < 4.78 is 59.0. The van der Waals surface area contributed by atoms with E-state index in [9.17, 15) is 21.1 Å². The topological polar surface area (TPSA) is 34.1 Å². The van der Waals surface area contributed by atoms with Crippen molar-refractivity contribution in [3.8, 4) is 0 Å². The molecule has 0 amide bonds. The highest BCUT2D eigenvalue weighted by atomic mass is 32.3. The van der Waals surface area contributed by atoms with Gasteiger partial charge in [0.1, 0.15) is 0 Å². The van der Waals surface area contributed by atoms with Crippen LogP contribution in [0.4, 0.5) is 12.7 Å². The number of halogens is 3. The molecule has 1 aliphatic rings. The SMILES string of the molecule is O=S(=O)(F)c1cccc(C2CC2(F)F)c1. The van der Waals surface area contributed by atoms with E-state index in [1.807, 2.05) is 0 Å². The van der Waals surface area contributed by atoms with Crippen molar-refractivity contribution in [3.05, 3.63) is 29.8 Å². The smallest absolute Gasteiger partial charge is 0.206 e. The Morgan fingerprint density at radius 3 is 2.40 bits per heavy atom. The normalized spacial score (nSPS) is 23.8. The average Bonchev–Trinajstić information content (AvgIpc) is 2.74. The van der Waals surface area contributed by atoms with Crippen molar-refractivity contribution >= 4 is 10.2 Å². The number of alkyl halides is 2. The van der Waals surface area contributed by atoms with Crippen molar-refractivity contribution < 1.29 is 21.1 Å². The first-order valence-electron chi connectivity index (χ1n) is 4.23. The van der Waals surface area contributed by atoms with E-state index < -0.39 is 27.0 Å². The van der Waals surface area contributed by atoms with Gasteiger partial charge in [0.05, 0.1) is 10.8 Å². The molecule has 1 fully saturated rings. The molecule has 6 heteroatoms. The van der Waals surface area contributed by atoms with E-state index >= 15 is 0 Å². The molecule has 0 aliphatic heterocycles. The Morgan fingerprint density at radius 1 is 1.33 bits per heavy atom. The van der Waals surface area contributed by atoms with Gasteiger partial charge in [-0.3, -0.25) is 0 Å². The highest BCUT2D eigenvalue weighted by Gasteiger charge is 2.57. The summed E-state index contributed by atoms with van der Waals surface area (Å²) in [6.45, 7) is 0. The Balaban J connectivity index is 2.37. The van der Waals surface area contributed by atoms with Crippen molar-refractivity contribution in [1.82, 2.24) is 0 Å². The predicted molar refractivity (Wildman–Crippen MR) is 47.0 cm³/mol. The van der Waals surface area contributed by atoms with E-state index in [1.165, 1.54) is 12.1 Å². The summed E-state index contributed by atoms with van der Waals surface area (Å²) >= 11 is 0. The van der Waals surface area contributed by atoms with Crippen LogP contribution in [0.2, 0.25) is 0 Å². The Labute approximate surface area is 84.9 Å². The number of hydrogen-bond acceptors (Lipinski definition) is 2. The van der Waals surface area contributed by atoms with Gasteiger partial charge in [-0.1, -0.05) is 12.1 Å². The van der Waals surface area contributed by atoms with Crippen molar-refractivity contribution in [1.29, 1.82) is 0 Å². The molecule has 1 aromatic carbocycles. The lowest BCUT2D eigenvalue weighted by atomic mass is 10.1.